The van der Waals surface area contributed by atoms with Gasteiger partial charge in [0.2, 0.25) is 0 Å². The third-order valence-electron chi connectivity index (χ3n) is 5.18. The van der Waals surface area contributed by atoms with Crippen LogP contribution >= 0.6 is 0 Å². The number of hydrogen-bond donors (Lipinski definition) is 2. The SMILES string of the molecule is CC[NH+](CC(=O)NC(C)C)CC(=O)N1N=C(c2ccc(C)cc2)C[C@H]1c1ccco1. The van der Waals surface area contributed by atoms with Crippen LogP contribution in [0.2, 0.25) is 0 Å². The Kier molecular flexibility index (Phi) is 7.05. The van der Waals surface area contributed by atoms with Crippen LogP contribution in [-0.4, -0.2) is 48.2 Å². The van der Waals surface area contributed by atoms with Gasteiger partial charge in [-0.1, -0.05) is 29.8 Å². The van der Waals surface area contributed by atoms with Crippen molar-refractivity contribution in [1.29, 1.82) is 0 Å². The van der Waals surface area contributed by atoms with E-state index in [0.717, 1.165) is 16.2 Å². The smallest absolute Gasteiger partial charge is 0.298 e. The van der Waals surface area contributed by atoms with Crippen molar-refractivity contribution in [3.63, 3.8) is 0 Å². The number of rotatable bonds is 8. The number of amides is 2. The summed E-state index contributed by atoms with van der Waals surface area (Å²) in [7, 11) is 0. The van der Waals surface area contributed by atoms with E-state index in [0.29, 0.717) is 18.7 Å². The van der Waals surface area contributed by atoms with Gasteiger partial charge in [-0.15, -0.1) is 0 Å². The number of carbonyl (C=O) groups is 2. The Hall–Kier alpha value is -2.93. The Morgan fingerprint density at radius 3 is 2.57 bits per heavy atom. The van der Waals surface area contributed by atoms with E-state index in [9.17, 15) is 9.59 Å². The van der Waals surface area contributed by atoms with Gasteiger partial charge >= 0.3 is 0 Å². The summed E-state index contributed by atoms with van der Waals surface area (Å²) in [6.45, 7) is 8.99. The molecule has 160 valence electrons. The highest BCUT2D eigenvalue weighted by atomic mass is 16.3. The van der Waals surface area contributed by atoms with Gasteiger partial charge in [0.05, 0.1) is 18.5 Å². The molecule has 1 unspecified atom stereocenters. The molecule has 2 amide bonds. The van der Waals surface area contributed by atoms with Gasteiger partial charge in [-0.2, -0.15) is 5.10 Å². The van der Waals surface area contributed by atoms with E-state index >= 15 is 0 Å². The maximum atomic E-state index is 13.2. The van der Waals surface area contributed by atoms with Crippen LogP contribution in [0.5, 0.6) is 0 Å². The van der Waals surface area contributed by atoms with Crippen LogP contribution in [0.15, 0.2) is 52.2 Å². The van der Waals surface area contributed by atoms with E-state index in [1.54, 1.807) is 6.26 Å². The Morgan fingerprint density at radius 2 is 1.97 bits per heavy atom. The summed E-state index contributed by atoms with van der Waals surface area (Å²) in [5, 5.41) is 9.09. The van der Waals surface area contributed by atoms with E-state index in [-0.39, 0.29) is 37.0 Å². The van der Waals surface area contributed by atoms with E-state index in [2.05, 4.69) is 10.4 Å². The maximum Gasteiger partial charge on any atom is 0.298 e. The molecule has 0 fully saturated rings. The van der Waals surface area contributed by atoms with E-state index in [1.807, 2.05) is 64.1 Å². The van der Waals surface area contributed by atoms with Crippen molar-refractivity contribution in [2.45, 2.75) is 46.2 Å². The number of quaternary nitrogens is 1. The van der Waals surface area contributed by atoms with Gasteiger partial charge in [0.1, 0.15) is 11.8 Å². The van der Waals surface area contributed by atoms with Crippen molar-refractivity contribution in [2.75, 3.05) is 19.6 Å². The molecule has 2 atom stereocenters. The predicted molar refractivity (Wildman–Crippen MR) is 115 cm³/mol. The molecule has 7 heteroatoms. The molecule has 2 N–H and O–H groups in total. The van der Waals surface area contributed by atoms with Crippen LogP contribution in [0.3, 0.4) is 0 Å². The number of nitrogens with zero attached hydrogens (tertiary/aromatic N) is 2. The fourth-order valence-corrected chi connectivity index (χ4v) is 3.57. The fraction of sp³-hybridized carbons (Fsp3) is 0.435. The molecule has 0 bridgehead atoms. The predicted octanol–water partition coefficient (Wildman–Crippen LogP) is 1.70. The molecule has 0 radical (unpaired) electrons. The Morgan fingerprint density at radius 1 is 1.23 bits per heavy atom. The third kappa shape index (κ3) is 5.36. The average molecular weight is 412 g/mol. The number of hydrazone groups is 1. The zero-order valence-electron chi connectivity index (χ0n) is 18.1. The lowest BCUT2D eigenvalue weighted by Crippen LogP contribution is -3.14. The lowest BCUT2D eigenvalue weighted by molar-refractivity contribution is -0.882. The number of furan rings is 1. The molecule has 1 aliphatic rings. The Bertz CT molecular complexity index is 888. The second-order valence-corrected chi connectivity index (χ2v) is 8.07. The van der Waals surface area contributed by atoms with Gasteiger partial charge < -0.3 is 14.6 Å². The lowest BCUT2D eigenvalue weighted by atomic mass is 10.0. The van der Waals surface area contributed by atoms with Gasteiger partial charge in [0, 0.05) is 12.5 Å². The number of nitrogens with one attached hydrogen (secondary N) is 2. The summed E-state index contributed by atoms with van der Waals surface area (Å²) < 4.78 is 5.60. The van der Waals surface area contributed by atoms with Crippen molar-refractivity contribution >= 4 is 17.5 Å². The zero-order valence-corrected chi connectivity index (χ0v) is 18.1. The number of benzene rings is 1. The standard InChI is InChI=1S/C23H30N4O3/c1-5-26(14-22(28)24-16(2)3)15-23(29)27-20(21-7-6-12-30-21)13-19(25-27)18-10-8-17(4)9-11-18/h6-12,16,20H,5,13-15H2,1-4H3,(H,24,28)/p+1/t20-/m0/s1. The summed E-state index contributed by atoms with van der Waals surface area (Å²) in [6.07, 6.45) is 2.21. The first-order valence-corrected chi connectivity index (χ1v) is 10.5. The molecular weight excluding hydrogens is 380 g/mol. The highest BCUT2D eigenvalue weighted by molar-refractivity contribution is 6.03. The van der Waals surface area contributed by atoms with E-state index < -0.39 is 0 Å². The van der Waals surface area contributed by atoms with Crippen molar-refractivity contribution in [3.8, 4) is 0 Å². The number of carbonyl (C=O) groups excluding carboxylic acids is 2. The van der Waals surface area contributed by atoms with Gasteiger partial charge in [0.25, 0.3) is 11.8 Å². The average Bonchev–Trinajstić information content (AvgIpc) is 3.37. The topological polar surface area (TPSA) is 79.4 Å². The van der Waals surface area contributed by atoms with Crippen LogP contribution in [0.1, 0.15) is 50.1 Å². The van der Waals surface area contributed by atoms with Crippen molar-refractivity contribution in [2.24, 2.45) is 5.10 Å². The normalized spacial score (nSPS) is 17.2. The molecule has 2 heterocycles. The molecule has 7 nitrogen and oxygen atoms in total. The summed E-state index contributed by atoms with van der Waals surface area (Å²) in [6, 6.07) is 11.6. The summed E-state index contributed by atoms with van der Waals surface area (Å²) in [5.74, 6) is 0.542. The monoisotopic (exact) mass is 411 g/mol. The van der Waals surface area contributed by atoms with Crippen LogP contribution in [-0.2, 0) is 9.59 Å². The molecule has 2 aromatic rings. The Balaban J connectivity index is 1.77. The molecule has 1 aliphatic heterocycles. The first-order valence-electron chi connectivity index (χ1n) is 10.5. The quantitative estimate of drug-likeness (QED) is 0.694. The molecule has 1 aromatic heterocycles. The minimum Gasteiger partial charge on any atom is -0.467 e. The summed E-state index contributed by atoms with van der Waals surface area (Å²) >= 11 is 0. The first-order chi connectivity index (χ1) is 14.4. The molecule has 1 aromatic carbocycles. The Labute approximate surface area is 177 Å². The minimum atomic E-state index is -0.272. The molecule has 3 rings (SSSR count). The minimum absolute atomic E-state index is 0.0532. The molecular formula is C23H31N4O3+. The fourth-order valence-electron chi connectivity index (χ4n) is 3.57. The number of likely N-dealkylation sites (N-methyl/N-ethyl adjacent to an activating group) is 1. The van der Waals surface area contributed by atoms with E-state index in [4.69, 9.17) is 4.42 Å². The van der Waals surface area contributed by atoms with Crippen molar-refractivity contribution in [3.05, 3.63) is 59.5 Å². The third-order valence-corrected chi connectivity index (χ3v) is 5.18. The second kappa shape index (κ2) is 9.71. The van der Waals surface area contributed by atoms with Gasteiger partial charge in [-0.3, -0.25) is 9.59 Å². The van der Waals surface area contributed by atoms with Crippen LogP contribution in [0.25, 0.3) is 0 Å². The van der Waals surface area contributed by atoms with Crippen LogP contribution in [0.4, 0.5) is 0 Å². The molecule has 0 saturated carbocycles. The molecule has 0 spiro atoms. The highest BCUT2D eigenvalue weighted by Crippen LogP contribution is 2.32. The largest absolute Gasteiger partial charge is 0.467 e. The lowest BCUT2D eigenvalue weighted by Gasteiger charge is -2.23. The molecule has 0 aliphatic carbocycles. The van der Waals surface area contributed by atoms with Gasteiger partial charge in [0.15, 0.2) is 13.1 Å². The molecule has 0 saturated heterocycles. The summed E-state index contributed by atoms with van der Waals surface area (Å²) in [5.41, 5.74) is 3.04. The maximum absolute atomic E-state index is 13.2. The first kappa shape index (κ1) is 21.8. The number of hydrogen-bond acceptors (Lipinski definition) is 4. The van der Waals surface area contributed by atoms with E-state index in [1.165, 1.54) is 10.6 Å². The second-order valence-electron chi connectivity index (χ2n) is 8.07. The molecule has 30 heavy (non-hydrogen) atoms. The van der Waals surface area contributed by atoms with Gasteiger partial charge in [-0.05, 0) is 45.4 Å². The van der Waals surface area contributed by atoms with Gasteiger partial charge in [-0.25, -0.2) is 5.01 Å². The van der Waals surface area contributed by atoms with Crippen molar-refractivity contribution in [1.82, 2.24) is 10.3 Å². The number of aryl methyl sites for hydroxylation is 1. The highest BCUT2D eigenvalue weighted by Gasteiger charge is 2.36. The van der Waals surface area contributed by atoms with Crippen LogP contribution in [0, 0.1) is 6.92 Å². The van der Waals surface area contributed by atoms with Crippen LogP contribution < -0.4 is 10.2 Å². The van der Waals surface area contributed by atoms with Crippen molar-refractivity contribution < 1.29 is 18.9 Å². The zero-order chi connectivity index (χ0) is 21.7. The summed E-state index contributed by atoms with van der Waals surface area (Å²) in [4.78, 5) is 26.2.